The maximum atomic E-state index is 11.7. The van der Waals surface area contributed by atoms with Gasteiger partial charge in [0.05, 0.1) is 26.0 Å². The number of esters is 1. The highest BCUT2D eigenvalue weighted by atomic mass is 16.5. The summed E-state index contributed by atoms with van der Waals surface area (Å²) in [5, 5.41) is 13.8. The lowest BCUT2D eigenvalue weighted by Gasteiger charge is -2.11. The van der Waals surface area contributed by atoms with Crippen LogP contribution < -0.4 is 4.74 Å². The molecule has 0 aliphatic heterocycles. The standard InChI is InChI=1S/C15H18N2O4/c1-4-21-15(19)13-7-10(2)17(16-13)14-6-5-12(20-3)8-11(14)9-18/h5-8,18H,4,9H2,1-3H3. The molecule has 1 aromatic heterocycles. The van der Waals surface area contributed by atoms with Gasteiger partial charge in [-0.1, -0.05) is 0 Å². The summed E-state index contributed by atoms with van der Waals surface area (Å²) in [4.78, 5) is 11.7. The summed E-state index contributed by atoms with van der Waals surface area (Å²) >= 11 is 0. The van der Waals surface area contributed by atoms with Crippen LogP contribution in [0.2, 0.25) is 0 Å². The van der Waals surface area contributed by atoms with E-state index in [-0.39, 0.29) is 12.3 Å². The van der Waals surface area contributed by atoms with Crippen LogP contribution in [-0.2, 0) is 11.3 Å². The van der Waals surface area contributed by atoms with E-state index in [1.54, 1.807) is 43.0 Å². The van der Waals surface area contributed by atoms with Crippen molar-refractivity contribution in [3.05, 3.63) is 41.2 Å². The van der Waals surface area contributed by atoms with Crippen LogP contribution in [0, 0.1) is 6.92 Å². The van der Waals surface area contributed by atoms with E-state index in [9.17, 15) is 9.90 Å². The molecule has 0 aliphatic carbocycles. The minimum Gasteiger partial charge on any atom is -0.497 e. The number of aliphatic hydroxyl groups is 1. The Morgan fingerprint density at radius 1 is 1.38 bits per heavy atom. The molecular formula is C15H18N2O4. The van der Waals surface area contributed by atoms with Crippen LogP contribution in [0.5, 0.6) is 5.75 Å². The van der Waals surface area contributed by atoms with Crippen molar-refractivity contribution >= 4 is 5.97 Å². The first kappa shape index (κ1) is 15.1. The molecule has 112 valence electrons. The Kier molecular flexibility index (Phi) is 4.59. The van der Waals surface area contributed by atoms with Gasteiger partial charge >= 0.3 is 5.97 Å². The van der Waals surface area contributed by atoms with Crippen LogP contribution in [0.1, 0.15) is 28.7 Å². The lowest BCUT2D eigenvalue weighted by atomic mass is 10.1. The SMILES string of the molecule is CCOC(=O)c1cc(C)n(-c2ccc(OC)cc2CO)n1. The average molecular weight is 290 g/mol. The Hall–Kier alpha value is -2.34. The van der Waals surface area contributed by atoms with Gasteiger partial charge in [0.25, 0.3) is 0 Å². The van der Waals surface area contributed by atoms with Crippen molar-refractivity contribution in [2.24, 2.45) is 0 Å². The third-order valence-corrected chi connectivity index (χ3v) is 3.06. The molecule has 1 N–H and O–H groups in total. The molecule has 0 bridgehead atoms. The number of aryl methyl sites for hydroxylation is 1. The summed E-state index contributed by atoms with van der Waals surface area (Å²) < 4.78 is 11.7. The monoisotopic (exact) mass is 290 g/mol. The van der Waals surface area contributed by atoms with E-state index in [0.29, 0.717) is 23.6 Å². The van der Waals surface area contributed by atoms with Crippen LogP contribution >= 0.6 is 0 Å². The first-order chi connectivity index (χ1) is 10.1. The molecule has 0 saturated heterocycles. The number of ether oxygens (including phenoxy) is 2. The average Bonchev–Trinajstić information content (AvgIpc) is 2.88. The van der Waals surface area contributed by atoms with Crippen molar-refractivity contribution in [1.29, 1.82) is 0 Å². The highest BCUT2D eigenvalue weighted by molar-refractivity contribution is 5.87. The van der Waals surface area contributed by atoms with Gasteiger partial charge < -0.3 is 14.6 Å². The second-order valence-corrected chi connectivity index (χ2v) is 4.46. The molecule has 6 heteroatoms. The molecule has 0 saturated carbocycles. The lowest BCUT2D eigenvalue weighted by molar-refractivity contribution is 0.0519. The Labute approximate surface area is 122 Å². The zero-order valence-electron chi connectivity index (χ0n) is 12.3. The molecule has 0 atom stereocenters. The first-order valence-electron chi connectivity index (χ1n) is 6.62. The number of benzene rings is 1. The van der Waals surface area contributed by atoms with E-state index in [1.807, 2.05) is 6.92 Å². The second-order valence-electron chi connectivity index (χ2n) is 4.46. The smallest absolute Gasteiger partial charge is 0.358 e. The Morgan fingerprint density at radius 2 is 2.14 bits per heavy atom. The summed E-state index contributed by atoms with van der Waals surface area (Å²) in [6.45, 7) is 3.73. The molecule has 1 aromatic carbocycles. The van der Waals surface area contributed by atoms with E-state index in [4.69, 9.17) is 9.47 Å². The number of hydrogen-bond acceptors (Lipinski definition) is 5. The number of aromatic nitrogens is 2. The largest absolute Gasteiger partial charge is 0.497 e. The molecule has 0 unspecified atom stereocenters. The molecule has 0 amide bonds. The highest BCUT2D eigenvalue weighted by Crippen LogP contribution is 2.22. The highest BCUT2D eigenvalue weighted by Gasteiger charge is 2.16. The summed E-state index contributed by atoms with van der Waals surface area (Å²) in [6, 6.07) is 6.96. The van der Waals surface area contributed by atoms with E-state index in [0.717, 1.165) is 5.69 Å². The third kappa shape index (κ3) is 3.05. The normalized spacial score (nSPS) is 10.5. The Bertz CT molecular complexity index is 649. The van der Waals surface area contributed by atoms with Crippen molar-refractivity contribution in [2.45, 2.75) is 20.5 Å². The minimum absolute atomic E-state index is 0.152. The predicted octanol–water partition coefficient (Wildman–Crippen LogP) is 1.86. The molecule has 0 fully saturated rings. The Balaban J connectivity index is 2.45. The zero-order chi connectivity index (χ0) is 15.4. The van der Waals surface area contributed by atoms with Crippen LogP contribution in [0.4, 0.5) is 0 Å². The second kappa shape index (κ2) is 6.41. The zero-order valence-corrected chi connectivity index (χ0v) is 12.3. The van der Waals surface area contributed by atoms with Crippen molar-refractivity contribution in [3.8, 4) is 11.4 Å². The number of nitrogens with zero attached hydrogens (tertiary/aromatic N) is 2. The molecule has 21 heavy (non-hydrogen) atoms. The van der Waals surface area contributed by atoms with Crippen molar-refractivity contribution in [2.75, 3.05) is 13.7 Å². The van der Waals surface area contributed by atoms with Gasteiger partial charge in [-0.15, -0.1) is 0 Å². The van der Waals surface area contributed by atoms with Gasteiger partial charge in [0, 0.05) is 11.3 Å². The fraction of sp³-hybridized carbons (Fsp3) is 0.333. The first-order valence-corrected chi connectivity index (χ1v) is 6.62. The fourth-order valence-electron chi connectivity index (χ4n) is 2.05. The fourth-order valence-corrected chi connectivity index (χ4v) is 2.05. The quantitative estimate of drug-likeness (QED) is 0.851. The van der Waals surface area contributed by atoms with Gasteiger partial charge in [0.15, 0.2) is 5.69 Å². The van der Waals surface area contributed by atoms with Gasteiger partial charge in [0.2, 0.25) is 0 Å². The number of carbonyl (C=O) groups excluding carboxylic acids is 1. The molecule has 2 aromatic rings. The van der Waals surface area contributed by atoms with E-state index in [1.165, 1.54) is 0 Å². The summed E-state index contributed by atoms with van der Waals surface area (Å²) in [5.41, 5.74) is 2.38. The summed E-state index contributed by atoms with van der Waals surface area (Å²) in [7, 11) is 1.56. The summed E-state index contributed by atoms with van der Waals surface area (Å²) in [5.74, 6) is 0.191. The van der Waals surface area contributed by atoms with Gasteiger partial charge in [0.1, 0.15) is 5.75 Å². The van der Waals surface area contributed by atoms with Gasteiger partial charge in [-0.25, -0.2) is 9.48 Å². The topological polar surface area (TPSA) is 73.6 Å². The Morgan fingerprint density at radius 3 is 2.76 bits per heavy atom. The van der Waals surface area contributed by atoms with Gasteiger partial charge in [-0.2, -0.15) is 5.10 Å². The minimum atomic E-state index is -0.460. The van der Waals surface area contributed by atoms with Crippen LogP contribution in [0.15, 0.2) is 24.3 Å². The van der Waals surface area contributed by atoms with Crippen LogP contribution in [0.25, 0.3) is 5.69 Å². The maximum absolute atomic E-state index is 11.7. The number of hydrogen-bond donors (Lipinski definition) is 1. The molecule has 6 nitrogen and oxygen atoms in total. The number of rotatable bonds is 5. The number of aliphatic hydroxyl groups excluding tert-OH is 1. The van der Waals surface area contributed by atoms with Crippen molar-refractivity contribution in [3.63, 3.8) is 0 Å². The lowest BCUT2D eigenvalue weighted by Crippen LogP contribution is -2.08. The molecule has 2 rings (SSSR count). The molecule has 0 radical (unpaired) electrons. The predicted molar refractivity (Wildman–Crippen MR) is 76.7 cm³/mol. The molecule has 0 spiro atoms. The van der Waals surface area contributed by atoms with Crippen LogP contribution in [-0.4, -0.2) is 34.6 Å². The molecule has 1 heterocycles. The molecular weight excluding hydrogens is 272 g/mol. The number of methoxy groups -OCH3 is 1. The van der Waals surface area contributed by atoms with E-state index < -0.39 is 5.97 Å². The van der Waals surface area contributed by atoms with Crippen LogP contribution in [0.3, 0.4) is 0 Å². The van der Waals surface area contributed by atoms with Gasteiger partial charge in [-0.05, 0) is 38.1 Å². The maximum Gasteiger partial charge on any atom is 0.358 e. The number of carbonyl (C=O) groups is 1. The molecule has 0 aliphatic rings. The van der Waals surface area contributed by atoms with Gasteiger partial charge in [-0.3, -0.25) is 0 Å². The summed E-state index contributed by atoms with van der Waals surface area (Å²) in [6.07, 6.45) is 0. The third-order valence-electron chi connectivity index (χ3n) is 3.06. The van der Waals surface area contributed by atoms with E-state index >= 15 is 0 Å². The van der Waals surface area contributed by atoms with Crippen molar-refractivity contribution in [1.82, 2.24) is 9.78 Å². The van der Waals surface area contributed by atoms with E-state index in [2.05, 4.69) is 5.10 Å². The van der Waals surface area contributed by atoms with Crippen molar-refractivity contribution < 1.29 is 19.4 Å².